The first-order valence-electron chi connectivity index (χ1n) is 7.65. The van der Waals surface area contributed by atoms with Gasteiger partial charge in [-0.3, -0.25) is 4.57 Å². The number of aromatic nitrogens is 4. The lowest BCUT2D eigenvalue weighted by Gasteiger charge is -2.14. The van der Waals surface area contributed by atoms with Gasteiger partial charge in [0.25, 0.3) is 0 Å². The molecule has 0 aliphatic carbocycles. The highest BCUT2D eigenvalue weighted by molar-refractivity contribution is 6.30. The van der Waals surface area contributed by atoms with E-state index in [-0.39, 0.29) is 17.9 Å². The van der Waals surface area contributed by atoms with Crippen LogP contribution in [0.1, 0.15) is 12.5 Å². The van der Waals surface area contributed by atoms with Crippen molar-refractivity contribution in [2.45, 2.75) is 13.5 Å². The number of halogens is 1. The number of anilines is 1. The van der Waals surface area contributed by atoms with E-state index in [2.05, 4.69) is 9.97 Å². The Hall–Kier alpha value is -2.87. The zero-order chi connectivity index (χ0) is 18.1. The second-order valence-electron chi connectivity index (χ2n) is 5.56. The van der Waals surface area contributed by atoms with Crippen LogP contribution >= 0.6 is 11.6 Å². The molecule has 0 radical (unpaired) electrons. The highest BCUT2D eigenvalue weighted by atomic mass is 35.5. The summed E-state index contributed by atoms with van der Waals surface area (Å²) in [5.74, 6) is 0.0785. The van der Waals surface area contributed by atoms with Gasteiger partial charge >= 0.3 is 11.7 Å². The number of imidazole rings is 1. The molecule has 1 amide bonds. The highest BCUT2D eigenvalue weighted by Gasteiger charge is 2.23. The molecule has 0 fully saturated rings. The largest absolute Gasteiger partial charge is 0.382 e. The maximum absolute atomic E-state index is 12.9. The van der Waals surface area contributed by atoms with Gasteiger partial charge in [0.2, 0.25) is 0 Å². The molecule has 2 heterocycles. The second-order valence-corrected chi connectivity index (χ2v) is 5.99. The van der Waals surface area contributed by atoms with Crippen LogP contribution in [-0.4, -0.2) is 43.6 Å². The zero-order valence-electron chi connectivity index (χ0n) is 13.8. The van der Waals surface area contributed by atoms with E-state index in [1.54, 1.807) is 19.2 Å². The molecule has 0 atom stereocenters. The maximum atomic E-state index is 12.9. The molecule has 0 aliphatic rings. The fourth-order valence-corrected chi connectivity index (χ4v) is 2.63. The third-order valence-electron chi connectivity index (χ3n) is 3.98. The Bertz CT molecular complexity index is 992. The van der Waals surface area contributed by atoms with Crippen LogP contribution in [0.4, 0.5) is 10.6 Å². The van der Waals surface area contributed by atoms with E-state index in [0.717, 1.165) is 10.1 Å². The van der Waals surface area contributed by atoms with Crippen molar-refractivity contribution in [1.82, 2.24) is 24.0 Å². The molecular weight excluding hydrogens is 344 g/mol. The minimum Gasteiger partial charge on any atom is -0.382 e. The summed E-state index contributed by atoms with van der Waals surface area (Å²) < 4.78 is 2.42. The summed E-state index contributed by atoms with van der Waals surface area (Å²) in [5.41, 5.74) is 6.78. The quantitative estimate of drug-likeness (QED) is 0.767. The fraction of sp³-hybridized carbons (Fsp3) is 0.250. The Morgan fingerprint density at radius 3 is 2.60 bits per heavy atom. The summed E-state index contributed by atoms with van der Waals surface area (Å²) in [7, 11) is 1.61. The fourth-order valence-electron chi connectivity index (χ4n) is 2.50. The van der Waals surface area contributed by atoms with Crippen LogP contribution in [0.2, 0.25) is 5.02 Å². The number of carbonyl (C=O) groups is 1. The highest BCUT2D eigenvalue weighted by Crippen LogP contribution is 2.18. The van der Waals surface area contributed by atoms with Crippen LogP contribution in [0.15, 0.2) is 35.4 Å². The molecule has 2 aromatic heterocycles. The SMILES string of the molecule is CCN(C)C(=O)n1c(=O)n(Cc2ccc(Cl)cc2)c2ncnc(N)c21. The van der Waals surface area contributed by atoms with Crippen LogP contribution in [0.5, 0.6) is 0 Å². The lowest BCUT2D eigenvalue weighted by molar-refractivity contribution is 0.212. The molecule has 2 N–H and O–H groups in total. The smallest absolute Gasteiger partial charge is 0.339 e. The van der Waals surface area contributed by atoms with Gasteiger partial charge in [0.15, 0.2) is 11.5 Å². The number of nitrogens with zero attached hydrogens (tertiary/aromatic N) is 5. The summed E-state index contributed by atoms with van der Waals surface area (Å²) >= 11 is 5.90. The number of amides is 1. The third-order valence-corrected chi connectivity index (χ3v) is 4.23. The molecule has 1 aromatic carbocycles. The zero-order valence-corrected chi connectivity index (χ0v) is 14.6. The van der Waals surface area contributed by atoms with Crippen molar-refractivity contribution < 1.29 is 4.79 Å². The van der Waals surface area contributed by atoms with Crippen molar-refractivity contribution in [2.75, 3.05) is 19.3 Å². The summed E-state index contributed by atoms with van der Waals surface area (Å²) in [6.45, 7) is 2.50. The summed E-state index contributed by atoms with van der Waals surface area (Å²) in [5, 5.41) is 0.602. The molecule has 130 valence electrons. The predicted octanol–water partition coefficient (Wildman–Crippen LogP) is 1.80. The number of hydrogen-bond acceptors (Lipinski definition) is 5. The number of carbonyl (C=O) groups excluding carboxylic acids is 1. The molecule has 0 spiro atoms. The topological polar surface area (TPSA) is 99.0 Å². The first-order valence-corrected chi connectivity index (χ1v) is 8.03. The number of fused-ring (bicyclic) bond motifs is 1. The summed E-state index contributed by atoms with van der Waals surface area (Å²) in [4.78, 5) is 35.0. The van der Waals surface area contributed by atoms with Gasteiger partial charge in [-0.05, 0) is 24.6 Å². The van der Waals surface area contributed by atoms with Gasteiger partial charge in [0.1, 0.15) is 11.8 Å². The van der Waals surface area contributed by atoms with Gasteiger partial charge in [-0.15, -0.1) is 0 Å². The first-order chi connectivity index (χ1) is 11.9. The summed E-state index contributed by atoms with van der Waals surface area (Å²) in [6, 6.07) is 6.61. The minimum absolute atomic E-state index is 0.0785. The monoisotopic (exact) mass is 360 g/mol. The lowest BCUT2D eigenvalue weighted by Crippen LogP contribution is -2.38. The van der Waals surface area contributed by atoms with Gasteiger partial charge < -0.3 is 10.6 Å². The Kier molecular flexibility index (Phi) is 4.45. The molecular formula is C16H17ClN6O2. The van der Waals surface area contributed by atoms with Crippen molar-refractivity contribution in [2.24, 2.45) is 0 Å². The molecule has 8 nitrogen and oxygen atoms in total. The number of nitrogen functional groups attached to an aromatic ring is 1. The van der Waals surface area contributed by atoms with E-state index in [1.807, 2.05) is 19.1 Å². The normalized spacial score (nSPS) is 11.0. The number of benzene rings is 1. The van der Waals surface area contributed by atoms with Crippen molar-refractivity contribution in [1.29, 1.82) is 0 Å². The van der Waals surface area contributed by atoms with E-state index in [1.165, 1.54) is 15.8 Å². The molecule has 3 rings (SSSR count). The van der Waals surface area contributed by atoms with E-state index in [4.69, 9.17) is 17.3 Å². The van der Waals surface area contributed by atoms with E-state index in [0.29, 0.717) is 17.2 Å². The Labute approximate surface area is 148 Å². The predicted molar refractivity (Wildman–Crippen MR) is 95.9 cm³/mol. The van der Waals surface area contributed by atoms with Gasteiger partial charge in [0.05, 0.1) is 6.54 Å². The first kappa shape index (κ1) is 17.0. The minimum atomic E-state index is -0.512. The number of rotatable bonds is 3. The molecule has 0 aliphatic heterocycles. The van der Waals surface area contributed by atoms with Crippen LogP contribution in [0.3, 0.4) is 0 Å². The third kappa shape index (κ3) is 2.96. The molecule has 0 bridgehead atoms. The number of nitrogens with two attached hydrogens (primary N) is 1. The van der Waals surface area contributed by atoms with Gasteiger partial charge in [0, 0.05) is 18.6 Å². The average Bonchev–Trinajstić information content (AvgIpc) is 2.89. The van der Waals surface area contributed by atoms with Crippen LogP contribution < -0.4 is 11.4 Å². The molecule has 0 unspecified atom stereocenters. The van der Waals surface area contributed by atoms with E-state index in [9.17, 15) is 9.59 Å². The van der Waals surface area contributed by atoms with Crippen molar-refractivity contribution >= 4 is 34.6 Å². The molecule has 0 saturated heterocycles. The Balaban J connectivity index is 2.21. The van der Waals surface area contributed by atoms with Crippen LogP contribution in [0.25, 0.3) is 11.2 Å². The van der Waals surface area contributed by atoms with E-state index < -0.39 is 11.7 Å². The second kappa shape index (κ2) is 6.56. The van der Waals surface area contributed by atoms with E-state index >= 15 is 0 Å². The molecule has 25 heavy (non-hydrogen) atoms. The Morgan fingerprint density at radius 1 is 1.28 bits per heavy atom. The molecule has 0 saturated carbocycles. The summed E-state index contributed by atoms with van der Waals surface area (Å²) in [6.07, 6.45) is 1.27. The van der Waals surface area contributed by atoms with Crippen molar-refractivity contribution in [3.05, 3.63) is 51.7 Å². The van der Waals surface area contributed by atoms with Crippen molar-refractivity contribution in [3.8, 4) is 0 Å². The number of hydrogen-bond donors (Lipinski definition) is 1. The van der Waals surface area contributed by atoms with Crippen molar-refractivity contribution in [3.63, 3.8) is 0 Å². The molecule has 9 heteroatoms. The Morgan fingerprint density at radius 2 is 1.96 bits per heavy atom. The lowest BCUT2D eigenvalue weighted by atomic mass is 10.2. The maximum Gasteiger partial charge on any atom is 0.339 e. The molecule has 3 aromatic rings. The van der Waals surface area contributed by atoms with Crippen LogP contribution in [-0.2, 0) is 6.54 Å². The van der Waals surface area contributed by atoms with Gasteiger partial charge in [-0.25, -0.2) is 24.1 Å². The standard InChI is InChI=1S/C16H17ClN6O2/c1-3-21(2)15(24)23-12-13(18)19-9-20-14(12)22(16(23)25)8-10-4-6-11(17)7-5-10/h4-7,9H,3,8H2,1-2H3,(H2,18,19,20). The average molecular weight is 361 g/mol. The van der Waals surface area contributed by atoms with Gasteiger partial charge in [-0.1, -0.05) is 23.7 Å². The van der Waals surface area contributed by atoms with Gasteiger partial charge in [-0.2, -0.15) is 0 Å². The van der Waals surface area contributed by atoms with Crippen LogP contribution in [0, 0.1) is 0 Å².